The molecule has 0 radical (unpaired) electrons. The van der Waals surface area contributed by atoms with Crippen molar-refractivity contribution in [2.75, 3.05) is 18.6 Å². The lowest BCUT2D eigenvalue weighted by molar-refractivity contribution is -0.154. The number of carbonyl (C=O) groups excluding carboxylic acids is 1. The number of carbonyl (C=O) groups is 1. The Hall–Kier alpha value is -3.65. The van der Waals surface area contributed by atoms with E-state index in [-0.39, 0.29) is 11.4 Å². The number of hydrogen-bond donors (Lipinski definition) is 2. The number of halogens is 7. The summed E-state index contributed by atoms with van der Waals surface area (Å²) in [5.41, 5.74) is 2.68. The highest BCUT2D eigenvalue weighted by Crippen LogP contribution is 2.53. The molecule has 0 saturated heterocycles. The number of amides is 1. The number of amidine groups is 1. The maximum Gasteiger partial charge on any atom is 0.422 e. The first-order valence-electron chi connectivity index (χ1n) is 10.4. The van der Waals surface area contributed by atoms with Gasteiger partial charge < -0.3 is 20.5 Å². The van der Waals surface area contributed by atoms with Crippen LogP contribution in [0, 0.1) is 11.7 Å². The summed E-state index contributed by atoms with van der Waals surface area (Å²) in [5.74, 6) is -6.77. The van der Waals surface area contributed by atoms with Crippen LogP contribution in [-0.2, 0) is 10.3 Å². The molecule has 2 unspecified atom stereocenters. The van der Waals surface area contributed by atoms with E-state index >= 15 is 0 Å². The van der Waals surface area contributed by atoms with E-state index in [4.69, 9.17) is 10.5 Å². The Morgan fingerprint density at radius 1 is 1.22 bits per heavy atom. The van der Waals surface area contributed by atoms with Gasteiger partial charge in [0.2, 0.25) is 5.88 Å². The second-order valence-corrected chi connectivity index (χ2v) is 8.33. The quantitative estimate of drug-likeness (QED) is 0.561. The lowest BCUT2D eigenvalue weighted by atomic mass is 9.76. The van der Waals surface area contributed by atoms with Gasteiger partial charge in [0.25, 0.3) is 17.9 Å². The molecule has 36 heavy (non-hydrogen) atoms. The summed E-state index contributed by atoms with van der Waals surface area (Å²) >= 11 is 0. The number of aromatic nitrogens is 2. The molecule has 0 bridgehead atoms. The molecule has 1 aliphatic carbocycles. The zero-order valence-corrected chi connectivity index (χ0v) is 18.2. The topological polar surface area (TPSA) is 112 Å². The van der Waals surface area contributed by atoms with E-state index in [2.05, 4.69) is 25.0 Å². The Morgan fingerprint density at radius 2 is 1.97 bits per heavy atom. The first-order valence-corrected chi connectivity index (χ1v) is 10.4. The van der Waals surface area contributed by atoms with Crippen LogP contribution in [0.15, 0.2) is 35.6 Å². The van der Waals surface area contributed by atoms with Crippen LogP contribution in [0.25, 0.3) is 0 Å². The number of nitrogens with zero attached hydrogens (tertiary/aromatic N) is 3. The minimum absolute atomic E-state index is 0.0648. The number of alkyl halides is 6. The number of ether oxygens (including phenoxy) is 2. The molecule has 8 nitrogen and oxygen atoms in total. The van der Waals surface area contributed by atoms with Gasteiger partial charge in [-0.1, -0.05) is 0 Å². The van der Waals surface area contributed by atoms with E-state index in [9.17, 15) is 35.5 Å². The lowest BCUT2D eigenvalue weighted by Crippen LogP contribution is -2.48. The largest absolute Gasteiger partial charge is 0.467 e. The third-order valence-corrected chi connectivity index (χ3v) is 5.80. The molecule has 1 aromatic carbocycles. The second-order valence-electron chi connectivity index (χ2n) is 8.33. The van der Waals surface area contributed by atoms with Crippen LogP contribution < -0.4 is 15.8 Å². The molecule has 3 N–H and O–H groups in total. The van der Waals surface area contributed by atoms with Gasteiger partial charge in [0, 0.05) is 30.0 Å². The van der Waals surface area contributed by atoms with Crippen LogP contribution in [-0.4, -0.2) is 53.4 Å². The Labute approximate surface area is 198 Å². The van der Waals surface area contributed by atoms with E-state index < -0.39 is 85.0 Å². The molecule has 0 spiro atoms. The fourth-order valence-electron chi connectivity index (χ4n) is 4.29. The number of nitrogens with two attached hydrogens (primary N) is 1. The molecule has 1 saturated carbocycles. The Bertz CT molecular complexity index is 1180. The van der Waals surface area contributed by atoms with Gasteiger partial charge in [-0.25, -0.2) is 32.5 Å². The van der Waals surface area contributed by atoms with Gasteiger partial charge >= 0.3 is 6.18 Å². The van der Waals surface area contributed by atoms with E-state index in [0.717, 1.165) is 30.6 Å². The standard InChI is InChI=1S/C21H18F7N5O3/c22-8-20(12-4-19(24,25)5-15(12)36-18(29)33-20)11-3-10(1-2-13(11)23)32-17(34)14-6-31-16(7-30-14)35-9-21(26,27)28/h1-3,6-7,12,15H,4-5,8-9H2,(H2,29,33)(H,32,34)/t12?,15-,20?/m0/s1. The molecular weight excluding hydrogens is 503 g/mol. The van der Waals surface area contributed by atoms with Crippen molar-refractivity contribution in [3.63, 3.8) is 0 Å². The van der Waals surface area contributed by atoms with E-state index in [1.54, 1.807) is 0 Å². The van der Waals surface area contributed by atoms with Crippen LogP contribution >= 0.6 is 0 Å². The summed E-state index contributed by atoms with van der Waals surface area (Å²) in [6.45, 7) is -2.97. The molecule has 2 heterocycles. The van der Waals surface area contributed by atoms with E-state index in [1.165, 1.54) is 0 Å². The van der Waals surface area contributed by atoms with Crippen LogP contribution in [0.4, 0.5) is 36.4 Å². The monoisotopic (exact) mass is 521 g/mol. The molecule has 15 heteroatoms. The Balaban J connectivity index is 1.58. The lowest BCUT2D eigenvalue weighted by Gasteiger charge is -2.40. The number of aliphatic imine (C=N–C) groups is 1. The third kappa shape index (κ3) is 5.14. The number of rotatable bonds is 6. The summed E-state index contributed by atoms with van der Waals surface area (Å²) in [5, 5.41) is 2.36. The van der Waals surface area contributed by atoms with Crippen LogP contribution in [0.3, 0.4) is 0 Å². The number of nitrogens with one attached hydrogen (secondary N) is 1. The summed E-state index contributed by atoms with van der Waals surface area (Å²) in [6.07, 6.45) is -5.69. The fourth-order valence-corrected chi connectivity index (χ4v) is 4.29. The molecular formula is C21H18F7N5O3. The normalized spacial score (nSPS) is 24.9. The van der Waals surface area contributed by atoms with Crippen molar-refractivity contribution in [1.29, 1.82) is 0 Å². The van der Waals surface area contributed by atoms with E-state index in [0.29, 0.717) is 0 Å². The van der Waals surface area contributed by atoms with Crippen LogP contribution in [0.2, 0.25) is 0 Å². The fraction of sp³-hybridized carbons (Fsp3) is 0.429. The van der Waals surface area contributed by atoms with Gasteiger partial charge in [-0.15, -0.1) is 0 Å². The SMILES string of the molecule is NC1=NC(CF)(c2cc(NC(=O)c3cnc(OCC(F)(F)F)cn3)ccc2F)C2CC(F)(F)C[C@@H]2O1. The van der Waals surface area contributed by atoms with E-state index in [1.807, 2.05) is 0 Å². The van der Waals surface area contributed by atoms with Gasteiger partial charge in [-0.05, 0) is 18.2 Å². The molecule has 1 amide bonds. The summed E-state index contributed by atoms with van der Waals surface area (Å²) < 4.78 is 104. The molecule has 1 fully saturated rings. The average Bonchev–Trinajstić information content (AvgIpc) is 3.12. The first kappa shape index (κ1) is 25.4. The average molecular weight is 521 g/mol. The number of anilines is 1. The summed E-state index contributed by atoms with van der Waals surface area (Å²) in [4.78, 5) is 23.6. The molecule has 1 aliphatic heterocycles. The number of hydrogen-bond acceptors (Lipinski definition) is 7. The first-order chi connectivity index (χ1) is 16.8. The van der Waals surface area contributed by atoms with Crippen molar-refractivity contribution in [2.45, 2.75) is 36.6 Å². The maximum atomic E-state index is 14.9. The molecule has 2 aliphatic rings. The summed E-state index contributed by atoms with van der Waals surface area (Å²) in [7, 11) is 0. The van der Waals surface area contributed by atoms with Crippen molar-refractivity contribution in [3.8, 4) is 5.88 Å². The van der Waals surface area contributed by atoms with Crippen molar-refractivity contribution < 1.29 is 45.0 Å². The maximum absolute atomic E-state index is 14.9. The number of benzene rings is 1. The van der Waals surface area contributed by atoms with Crippen molar-refractivity contribution in [2.24, 2.45) is 16.6 Å². The molecule has 1 aromatic heterocycles. The molecule has 4 rings (SSSR count). The Morgan fingerprint density at radius 3 is 2.61 bits per heavy atom. The van der Waals surface area contributed by atoms with Gasteiger partial charge in [0.1, 0.15) is 29.8 Å². The third-order valence-electron chi connectivity index (χ3n) is 5.80. The van der Waals surface area contributed by atoms with Gasteiger partial charge in [0.15, 0.2) is 6.61 Å². The highest BCUT2D eigenvalue weighted by molar-refractivity contribution is 6.02. The zero-order chi connectivity index (χ0) is 26.3. The van der Waals surface area contributed by atoms with Crippen molar-refractivity contribution in [1.82, 2.24) is 9.97 Å². The molecule has 194 valence electrons. The molecule has 3 atom stereocenters. The van der Waals surface area contributed by atoms with Crippen LogP contribution in [0.5, 0.6) is 5.88 Å². The van der Waals surface area contributed by atoms with Crippen molar-refractivity contribution in [3.05, 3.63) is 47.7 Å². The zero-order valence-electron chi connectivity index (χ0n) is 18.2. The number of fused-ring (bicyclic) bond motifs is 1. The minimum Gasteiger partial charge on any atom is -0.467 e. The van der Waals surface area contributed by atoms with Crippen molar-refractivity contribution >= 4 is 17.6 Å². The highest BCUT2D eigenvalue weighted by atomic mass is 19.4. The molecule has 2 aromatic rings. The second kappa shape index (κ2) is 9.09. The predicted molar refractivity (Wildman–Crippen MR) is 110 cm³/mol. The summed E-state index contributed by atoms with van der Waals surface area (Å²) in [6, 6.07) is 2.50. The minimum atomic E-state index is -4.59. The predicted octanol–water partition coefficient (Wildman–Crippen LogP) is 3.73. The highest BCUT2D eigenvalue weighted by Gasteiger charge is 2.60. The van der Waals surface area contributed by atoms with Crippen LogP contribution in [0.1, 0.15) is 28.9 Å². The van der Waals surface area contributed by atoms with Gasteiger partial charge in [-0.2, -0.15) is 13.2 Å². The van der Waals surface area contributed by atoms with Gasteiger partial charge in [0.05, 0.1) is 12.4 Å². The smallest absolute Gasteiger partial charge is 0.422 e. The van der Waals surface area contributed by atoms with Gasteiger partial charge in [-0.3, -0.25) is 4.79 Å². The Kier molecular flexibility index (Phi) is 6.43.